The molecule has 0 saturated carbocycles. The molecule has 0 unspecified atom stereocenters. The van der Waals surface area contributed by atoms with Gasteiger partial charge in [0, 0.05) is 26.3 Å². The molecule has 0 aromatic heterocycles. The molecule has 11 heteroatoms. The maximum Gasteiger partial charge on any atom is 0.246 e. The average molecular weight is 557 g/mol. The van der Waals surface area contributed by atoms with Gasteiger partial charge in [-0.3, -0.25) is 19.2 Å². The number of primary amides is 1. The van der Waals surface area contributed by atoms with Crippen LogP contribution < -0.4 is 21.1 Å². The van der Waals surface area contributed by atoms with Crippen molar-refractivity contribution in [3.05, 3.63) is 53.8 Å². The molecule has 0 spiro atoms. The summed E-state index contributed by atoms with van der Waals surface area (Å²) in [6.45, 7) is 6.57. The van der Waals surface area contributed by atoms with Crippen LogP contribution in [0.1, 0.15) is 39.7 Å². The van der Waals surface area contributed by atoms with Crippen molar-refractivity contribution in [3.8, 4) is 16.9 Å². The van der Waals surface area contributed by atoms with E-state index in [4.69, 9.17) is 10.5 Å². The molecular weight excluding hydrogens is 519 g/mol. The van der Waals surface area contributed by atoms with Crippen molar-refractivity contribution < 1.29 is 33.4 Å². The monoisotopic (exact) mass is 556 g/mol. The first-order valence-electron chi connectivity index (χ1n) is 13.0. The minimum atomic E-state index is -1.08. The number of methoxy groups -OCH3 is 1. The highest BCUT2D eigenvalue weighted by atomic mass is 19.1. The number of benzene rings is 2. The van der Waals surface area contributed by atoms with Crippen molar-refractivity contribution in [3.63, 3.8) is 0 Å². The highest BCUT2D eigenvalue weighted by Crippen LogP contribution is 2.27. The Morgan fingerprint density at radius 3 is 2.25 bits per heavy atom. The van der Waals surface area contributed by atoms with Crippen molar-refractivity contribution >= 4 is 23.6 Å². The van der Waals surface area contributed by atoms with Gasteiger partial charge < -0.3 is 31.1 Å². The summed E-state index contributed by atoms with van der Waals surface area (Å²) in [5, 5.41) is 15.6. The number of nitrogens with zero attached hydrogens (tertiary/aromatic N) is 1. The second kappa shape index (κ2) is 12.5. The molecule has 10 nitrogen and oxygen atoms in total. The highest BCUT2D eigenvalue weighted by molar-refractivity contribution is 5.94. The van der Waals surface area contributed by atoms with Crippen LogP contribution in [0.25, 0.3) is 11.1 Å². The fourth-order valence-electron chi connectivity index (χ4n) is 4.73. The van der Waals surface area contributed by atoms with Crippen LogP contribution in [0.5, 0.6) is 5.75 Å². The fourth-order valence-corrected chi connectivity index (χ4v) is 4.73. The lowest BCUT2D eigenvalue weighted by molar-refractivity contribution is -0.144. The van der Waals surface area contributed by atoms with E-state index in [2.05, 4.69) is 10.6 Å². The number of nitrogens with one attached hydrogen (secondary N) is 2. The van der Waals surface area contributed by atoms with E-state index in [1.807, 2.05) is 0 Å². The van der Waals surface area contributed by atoms with E-state index in [0.717, 1.165) is 5.56 Å². The number of β-amino-alcohol motifs (C(OH)–C–C–N with tert-alkyl or cyclic N) is 1. The quantitative estimate of drug-likeness (QED) is 0.368. The summed E-state index contributed by atoms with van der Waals surface area (Å²) in [5.74, 6) is -2.64. The summed E-state index contributed by atoms with van der Waals surface area (Å²) in [7, 11) is 1.39. The number of aliphatic hydroxyl groups excluding tert-OH is 1. The van der Waals surface area contributed by atoms with Crippen molar-refractivity contribution in [1.29, 1.82) is 0 Å². The molecule has 0 radical (unpaired) electrons. The average Bonchev–Trinajstić information content (AvgIpc) is 3.28. The molecule has 40 heavy (non-hydrogen) atoms. The molecule has 2 aromatic carbocycles. The highest BCUT2D eigenvalue weighted by Gasteiger charge is 2.44. The topological polar surface area (TPSA) is 151 Å². The Morgan fingerprint density at radius 2 is 1.73 bits per heavy atom. The molecule has 0 bridgehead atoms. The van der Waals surface area contributed by atoms with Gasteiger partial charge in [0.2, 0.25) is 23.6 Å². The molecule has 1 aliphatic heterocycles. The van der Waals surface area contributed by atoms with Crippen LogP contribution in [0.2, 0.25) is 0 Å². The molecular formula is C29H37FN4O6. The van der Waals surface area contributed by atoms with Crippen LogP contribution in [-0.2, 0) is 25.6 Å². The molecule has 2 aromatic rings. The van der Waals surface area contributed by atoms with Gasteiger partial charge in [-0.05, 0) is 34.2 Å². The standard InChI is InChI=1S/C29H37FN4O6/c1-16(35)32-25(29(2,3)4)28(39)34-15-20(36)14-23(34)27(38)33-22(26(31)37)12-17-6-8-18(9-7-17)19-10-11-24(40-5)21(30)13-19/h6-11,13,20,22-23,25,36H,12,14-15H2,1-5H3,(H2,31,37)(H,32,35)(H,33,38)/t20-,22-,23+,25-/m1/s1. The molecule has 4 amide bonds. The van der Waals surface area contributed by atoms with Crippen LogP contribution >= 0.6 is 0 Å². The predicted molar refractivity (Wildman–Crippen MR) is 146 cm³/mol. The molecule has 0 aliphatic carbocycles. The number of carbonyl (C=O) groups is 4. The first-order chi connectivity index (χ1) is 18.7. The molecule has 1 fully saturated rings. The van der Waals surface area contributed by atoms with E-state index in [1.165, 1.54) is 31.1 Å². The molecule has 4 atom stereocenters. The summed E-state index contributed by atoms with van der Waals surface area (Å²) in [6, 6.07) is 8.59. The summed E-state index contributed by atoms with van der Waals surface area (Å²) in [4.78, 5) is 51.9. The molecule has 1 aliphatic rings. The third kappa shape index (κ3) is 7.35. The van der Waals surface area contributed by atoms with Gasteiger partial charge in [-0.15, -0.1) is 0 Å². The minimum absolute atomic E-state index is 0.0207. The largest absolute Gasteiger partial charge is 0.494 e. The van der Waals surface area contributed by atoms with Gasteiger partial charge >= 0.3 is 0 Å². The smallest absolute Gasteiger partial charge is 0.246 e. The molecule has 216 valence electrons. The molecule has 1 saturated heterocycles. The van der Waals surface area contributed by atoms with Crippen LogP contribution in [-0.4, -0.2) is 71.5 Å². The summed E-state index contributed by atoms with van der Waals surface area (Å²) >= 11 is 0. The van der Waals surface area contributed by atoms with E-state index in [9.17, 15) is 28.7 Å². The number of carbonyl (C=O) groups excluding carboxylic acids is 4. The van der Waals surface area contributed by atoms with Gasteiger partial charge in [0.1, 0.15) is 18.1 Å². The first kappa shape index (κ1) is 30.6. The van der Waals surface area contributed by atoms with Crippen molar-refractivity contribution in [2.45, 2.75) is 64.8 Å². The normalized spacial score (nSPS) is 18.5. The van der Waals surface area contributed by atoms with Crippen LogP contribution in [0.15, 0.2) is 42.5 Å². The molecule has 1 heterocycles. The first-order valence-corrected chi connectivity index (χ1v) is 13.0. The zero-order chi connectivity index (χ0) is 29.8. The lowest BCUT2D eigenvalue weighted by atomic mass is 9.85. The van der Waals surface area contributed by atoms with Crippen LogP contribution in [0.4, 0.5) is 4.39 Å². The van der Waals surface area contributed by atoms with E-state index in [1.54, 1.807) is 51.1 Å². The Labute approximate surface area is 233 Å². The molecule has 5 N–H and O–H groups in total. The Hall–Kier alpha value is -3.99. The van der Waals surface area contributed by atoms with Gasteiger partial charge in [0.15, 0.2) is 11.6 Å². The van der Waals surface area contributed by atoms with E-state index >= 15 is 0 Å². The Bertz CT molecular complexity index is 1260. The molecule has 3 rings (SSSR count). The van der Waals surface area contributed by atoms with Gasteiger partial charge in [-0.1, -0.05) is 51.1 Å². The van der Waals surface area contributed by atoms with E-state index < -0.39 is 59.1 Å². The predicted octanol–water partition coefficient (Wildman–Crippen LogP) is 1.53. The van der Waals surface area contributed by atoms with Gasteiger partial charge in [-0.2, -0.15) is 0 Å². The number of rotatable bonds is 9. The lowest BCUT2D eigenvalue weighted by Crippen LogP contribution is -2.58. The van der Waals surface area contributed by atoms with Crippen molar-refractivity contribution in [2.75, 3.05) is 13.7 Å². The number of halogens is 1. The number of likely N-dealkylation sites (tertiary alicyclic amines) is 1. The Kier molecular flexibility index (Phi) is 9.52. The van der Waals surface area contributed by atoms with Gasteiger partial charge in [0.05, 0.1) is 13.2 Å². The maximum atomic E-state index is 14.1. The second-order valence-electron chi connectivity index (χ2n) is 11.1. The number of ether oxygens (including phenoxy) is 1. The lowest BCUT2D eigenvalue weighted by Gasteiger charge is -2.35. The number of amides is 4. The third-order valence-corrected chi connectivity index (χ3v) is 6.86. The maximum absolute atomic E-state index is 14.1. The summed E-state index contributed by atoms with van der Waals surface area (Å²) < 4.78 is 19.1. The summed E-state index contributed by atoms with van der Waals surface area (Å²) in [6.07, 6.45) is -0.884. The number of aliphatic hydroxyl groups is 1. The zero-order valence-corrected chi connectivity index (χ0v) is 23.4. The zero-order valence-electron chi connectivity index (χ0n) is 23.4. The van der Waals surface area contributed by atoms with Crippen LogP contribution in [0, 0.1) is 11.2 Å². The van der Waals surface area contributed by atoms with Gasteiger partial charge in [-0.25, -0.2) is 4.39 Å². The Balaban J connectivity index is 1.74. The SMILES string of the molecule is COc1ccc(-c2ccc(C[C@@H](NC(=O)[C@@H]3C[C@@H](O)CN3C(=O)[C@@H](NC(C)=O)C(C)(C)C)C(N)=O)cc2)cc1F. The number of nitrogens with two attached hydrogens (primary N) is 1. The number of hydrogen-bond acceptors (Lipinski definition) is 6. The van der Waals surface area contributed by atoms with E-state index in [-0.39, 0.29) is 25.1 Å². The fraction of sp³-hybridized carbons (Fsp3) is 0.448. The minimum Gasteiger partial charge on any atom is -0.494 e. The van der Waals surface area contributed by atoms with Crippen molar-refractivity contribution in [1.82, 2.24) is 15.5 Å². The summed E-state index contributed by atoms with van der Waals surface area (Å²) in [5.41, 5.74) is 7.01. The third-order valence-electron chi connectivity index (χ3n) is 6.86. The van der Waals surface area contributed by atoms with Gasteiger partial charge in [0.25, 0.3) is 0 Å². The van der Waals surface area contributed by atoms with Crippen molar-refractivity contribution in [2.24, 2.45) is 11.1 Å². The Morgan fingerprint density at radius 1 is 1.10 bits per heavy atom. The van der Waals surface area contributed by atoms with Crippen LogP contribution in [0.3, 0.4) is 0 Å². The van der Waals surface area contributed by atoms with E-state index in [0.29, 0.717) is 11.1 Å². The second-order valence-corrected chi connectivity index (χ2v) is 11.1. The number of hydrogen-bond donors (Lipinski definition) is 4.